The lowest BCUT2D eigenvalue weighted by Crippen LogP contribution is -2.25. The number of aromatic nitrogens is 1. The second kappa shape index (κ2) is 5.09. The van der Waals surface area contributed by atoms with Gasteiger partial charge < -0.3 is 5.11 Å². The number of phenolic OH excluding ortho intramolecular Hbond substituents is 1. The Morgan fingerprint density at radius 2 is 1.80 bits per heavy atom. The average Bonchev–Trinajstić information content (AvgIpc) is 2.46. The molecule has 0 aliphatic heterocycles. The molecule has 1 aromatic heterocycles. The van der Waals surface area contributed by atoms with Gasteiger partial charge in [0.2, 0.25) is 0 Å². The van der Waals surface area contributed by atoms with Gasteiger partial charge in [0.05, 0.1) is 0 Å². The number of aryl methyl sites for hydroxylation is 1. The normalized spacial score (nSPS) is 11.2. The van der Waals surface area contributed by atoms with Crippen LogP contribution in [0, 0.1) is 0 Å². The number of rotatable bonds is 2. The Labute approximate surface area is 116 Å². The molecular formula is C16H14N3O+. The van der Waals surface area contributed by atoms with E-state index in [2.05, 4.69) is 10.2 Å². The first kappa shape index (κ1) is 12.3. The fourth-order valence-corrected chi connectivity index (χ4v) is 2.09. The first-order valence-electron chi connectivity index (χ1n) is 6.32. The van der Waals surface area contributed by atoms with Gasteiger partial charge in [-0.05, 0) is 17.5 Å². The van der Waals surface area contributed by atoms with Crippen molar-refractivity contribution in [3.63, 3.8) is 0 Å². The molecule has 1 heterocycles. The van der Waals surface area contributed by atoms with E-state index in [0.29, 0.717) is 5.69 Å². The number of fused-ring (bicyclic) bond motifs is 1. The molecule has 2 aromatic carbocycles. The standard InChI is InChI=1S/C16H13N3O/c1-19-10-4-6-13(11-19)17-18-16-14-7-3-2-5-12(14)8-9-15(16)20/h2-11H,1H3/p+1. The highest BCUT2D eigenvalue weighted by Gasteiger charge is 2.06. The minimum atomic E-state index is 0.132. The van der Waals surface area contributed by atoms with E-state index in [4.69, 9.17) is 0 Å². The summed E-state index contributed by atoms with van der Waals surface area (Å²) in [4.78, 5) is 0. The Morgan fingerprint density at radius 3 is 2.65 bits per heavy atom. The van der Waals surface area contributed by atoms with Gasteiger partial charge in [0.1, 0.15) is 24.2 Å². The molecule has 20 heavy (non-hydrogen) atoms. The predicted octanol–water partition coefficient (Wildman–Crippen LogP) is 3.79. The first-order chi connectivity index (χ1) is 9.74. The van der Waals surface area contributed by atoms with Crippen LogP contribution in [0.1, 0.15) is 0 Å². The molecule has 0 amide bonds. The molecule has 3 rings (SSSR count). The van der Waals surface area contributed by atoms with Crippen LogP contribution in [-0.4, -0.2) is 5.11 Å². The molecule has 3 aromatic rings. The van der Waals surface area contributed by atoms with E-state index in [1.807, 2.05) is 66.5 Å². The molecule has 1 N–H and O–H groups in total. The number of nitrogens with zero attached hydrogens (tertiary/aromatic N) is 3. The summed E-state index contributed by atoms with van der Waals surface area (Å²) in [6.07, 6.45) is 3.79. The molecule has 0 radical (unpaired) electrons. The van der Waals surface area contributed by atoms with Gasteiger partial charge in [0.15, 0.2) is 12.4 Å². The largest absolute Gasteiger partial charge is 0.506 e. The Hall–Kier alpha value is -2.75. The van der Waals surface area contributed by atoms with E-state index in [-0.39, 0.29) is 5.75 Å². The number of phenols is 1. The lowest BCUT2D eigenvalue weighted by Gasteiger charge is -2.03. The predicted molar refractivity (Wildman–Crippen MR) is 77.4 cm³/mol. The minimum Gasteiger partial charge on any atom is -0.506 e. The zero-order valence-corrected chi connectivity index (χ0v) is 11.1. The summed E-state index contributed by atoms with van der Waals surface area (Å²) in [5.74, 6) is 0.132. The Kier molecular flexibility index (Phi) is 3.13. The lowest BCUT2D eigenvalue weighted by atomic mass is 10.1. The SMILES string of the molecule is C[n+]1cccc(N=Nc2c(O)ccc3ccccc23)c1. The van der Waals surface area contributed by atoms with Gasteiger partial charge in [0.25, 0.3) is 0 Å². The van der Waals surface area contributed by atoms with E-state index in [1.54, 1.807) is 6.07 Å². The molecule has 0 fully saturated rings. The molecule has 0 bridgehead atoms. The Morgan fingerprint density at radius 1 is 0.950 bits per heavy atom. The van der Waals surface area contributed by atoms with E-state index in [1.165, 1.54) is 0 Å². The smallest absolute Gasteiger partial charge is 0.196 e. The van der Waals surface area contributed by atoms with Crippen molar-refractivity contribution < 1.29 is 9.67 Å². The second-order valence-corrected chi connectivity index (χ2v) is 4.58. The van der Waals surface area contributed by atoms with E-state index >= 15 is 0 Å². The number of pyridine rings is 1. The molecule has 98 valence electrons. The zero-order valence-electron chi connectivity index (χ0n) is 11.1. The molecule has 0 spiro atoms. The maximum Gasteiger partial charge on any atom is 0.196 e. The van der Waals surface area contributed by atoms with Crippen LogP contribution in [-0.2, 0) is 7.05 Å². The topological polar surface area (TPSA) is 48.8 Å². The number of hydrogen-bond acceptors (Lipinski definition) is 3. The van der Waals surface area contributed by atoms with Gasteiger partial charge in [-0.3, -0.25) is 0 Å². The molecular weight excluding hydrogens is 250 g/mol. The van der Waals surface area contributed by atoms with Crippen molar-refractivity contribution in [1.82, 2.24) is 0 Å². The van der Waals surface area contributed by atoms with Crippen molar-refractivity contribution >= 4 is 22.1 Å². The third-order valence-corrected chi connectivity index (χ3v) is 3.07. The molecule has 4 heteroatoms. The molecule has 0 saturated heterocycles. The minimum absolute atomic E-state index is 0.132. The van der Waals surface area contributed by atoms with Crippen molar-refractivity contribution in [3.8, 4) is 5.75 Å². The molecule has 0 aliphatic carbocycles. The van der Waals surface area contributed by atoms with Gasteiger partial charge in [0, 0.05) is 11.5 Å². The van der Waals surface area contributed by atoms with Gasteiger partial charge in [-0.25, -0.2) is 4.57 Å². The number of aromatic hydroxyl groups is 1. The van der Waals surface area contributed by atoms with Crippen LogP contribution in [0.4, 0.5) is 11.4 Å². The lowest BCUT2D eigenvalue weighted by molar-refractivity contribution is -0.670. The second-order valence-electron chi connectivity index (χ2n) is 4.58. The van der Waals surface area contributed by atoms with Crippen molar-refractivity contribution in [2.24, 2.45) is 17.3 Å². The summed E-state index contributed by atoms with van der Waals surface area (Å²) in [5, 5.41) is 20.3. The van der Waals surface area contributed by atoms with Gasteiger partial charge in [-0.2, -0.15) is 0 Å². The highest BCUT2D eigenvalue weighted by Crippen LogP contribution is 2.35. The summed E-state index contributed by atoms with van der Waals surface area (Å²) in [6, 6.07) is 15.1. The maximum absolute atomic E-state index is 9.98. The van der Waals surface area contributed by atoms with Crippen molar-refractivity contribution in [2.75, 3.05) is 0 Å². The van der Waals surface area contributed by atoms with Crippen molar-refractivity contribution in [1.29, 1.82) is 0 Å². The number of benzene rings is 2. The van der Waals surface area contributed by atoms with Gasteiger partial charge in [-0.1, -0.05) is 30.3 Å². The van der Waals surface area contributed by atoms with Crippen molar-refractivity contribution in [2.45, 2.75) is 0 Å². The van der Waals surface area contributed by atoms with Crippen LogP contribution >= 0.6 is 0 Å². The maximum atomic E-state index is 9.98. The third kappa shape index (κ3) is 2.36. The van der Waals surface area contributed by atoms with E-state index in [9.17, 15) is 5.11 Å². The average molecular weight is 264 g/mol. The van der Waals surface area contributed by atoms with Crippen LogP contribution in [0.2, 0.25) is 0 Å². The highest BCUT2D eigenvalue weighted by atomic mass is 16.3. The summed E-state index contributed by atoms with van der Waals surface area (Å²) >= 11 is 0. The fourth-order valence-electron chi connectivity index (χ4n) is 2.09. The molecule has 0 unspecified atom stereocenters. The number of hydrogen-bond donors (Lipinski definition) is 1. The molecule has 0 aliphatic rings. The van der Waals surface area contributed by atoms with Crippen LogP contribution in [0.15, 0.2) is 71.2 Å². The fraction of sp³-hybridized carbons (Fsp3) is 0.0625. The van der Waals surface area contributed by atoms with Gasteiger partial charge in [-0.15, -0.1) is 10.2 Å². The van der Waals surface area contributed by atoms with Gasteiger partial charge >= 0.3 is 0 Å². The van der Waals surface area contributed by atoms with Crippen molar-refractivity contribution in [3.05, 3.63) is 60.9 Å². The zero-order chi connectivity index (χ0) is 13.9. The Balaban J connectivity index is 2.08. The summed E-state index contributed by atoms with van der Waals surface area (Å²) in [6.45, 7) is 0. The molecule has 0 saturated carbocycles. The third-order valence-electron chi connectivity index (χ3n) is 3.07. The summed E-state index contributed by atoms with van der Waals surface area (Å²) < 4.78 is 1.90. The molecule has 0 atom stereocenters. The number of azo groups is 1. The van der Waals surface area contributed by atoms with Crippen LogP contribution in [0.25, 0.3) is 10.8 Å². The van der Waals surface area contributed by atoms with Crippen LogP contribution < -0.4 is 4.57 Å². The highest BCUT2D eigenvalue weighted by molar-refractivity contribution is 5.95. The Bertz CT molecular complexity index is 797. The van der Waals surface area contributed by atoms with E-state index in [0.717, 1.165) is 16.5 Å². The van der Waals surface area contributed by atoms with Crippen LogP contribution in [0.5, 0.6) is 5.75 Å². The quantitative estimate of drug-likeness (QED) is 0.555. The monoisotopic (exact) mass is 264 g/mol. The summed E-state index contributed by atoms with van der Waals surface area (Å²) in [5.41, 5.74) is 1.23. The van der Waals surface area contributed by atoms with E-state index < -0.39 is 0 Å². The van der Waals surface area contributed by atoms with Crippen LogP contribution in [0.3, 0.4) is 0 Å². The summed E-state index contributed by atoms with van der Waals surface area (Å²) in [7, 11) is 1.93. The molecule has 4 nitrogen and oxygen atoms in total. The first-order valence-corrected chi connectivity index (χ1v) is 6.32.